The van der Waals surface area contributed by atoms with Crippen LogP contribution >= 0.6 is 0 Å². The number of rotatable bonds is 5. The second kappa shape index (κ2) is 16.6. The molecule has 2 nitrogen and oxygen atoms in total. The average molecular weight is 989 g/mol. The van der Waals surface area contributed by atoms with Gasteiger partial charge in [-0.2, -0.15) is 0 Å². The molecule has 0 amide bonds. The Morgan fingerprint density at radius 2 is 0.449 bits per heavy atom. The molecular weight excluding hydrogens is 945 g/mol. The normalized spacial score (nSPS) is 12.1. The summed E-state index contributed by atoms with van der Waals surface area (Å²) in [5, 5.41) is 21.5. The smallest absolute Gasteiger partial charge is 0.136 e. The maximum atomic E-state index is 6.78. The number of hydrogen-bond acceptors (Lipinski definition) is 2. The van der Waals surface area contributed by atoms with Gasteiger partial charge in [-0.15, -0.1) is 0 Å². The van der Waals surface area contributed by atoms with Gasteiger partial charge in [0.05, 0.1) is 0 Å². The van der Waals surface area contributed by atoms with Crippen LogP contribution < -0.4 is 0 Å². The molecular formula is C76H44O2. The maximum Gasteiger partial charge on any atom is 0.136 e. The monoisotopic (exact) mass is 988 g/mol. The Balaban J connectivity index is 0.735. The van der Waals surface area contributed by atoms with E-state index in [1.54, 1.807) is 0 Å². The molecule has 0 atom stereocenters. The summed E-state index contributed by atoms with van der Waals surface area (Å²) >= 11 is 0. The van der Waals surface area contributed by atoms with Crippen LogP contribution in [0.5, 0.6) is 0 Å². The molecule has 0 N–H and O–H groups in total. The van der Waals surface area contributed by atoms with E-state index >= 15 is 0 Å². The molecule has 2 heteroatoms. The fraction of sp³-hybridized carbons (Fsp3) is 0. The van der Waals surface area contributed by atoms with Crippen LogP contribution in [0, 0.1) is 0 Å². The van der Waals surface area contributed by atoms with Gasteiger partial charge in [0, 0.05) is 21.5 Å². The summed E-state index contributed by atoms with van der Waals surface area (Å²) in [5.74, 6) is 0. The zero-order valence-corrected chi connectivity index (χ0v) is 42.2. The minimum Gasteiger partial charge on any atom is -0.456 e. The predicted molar refractivity (Wildman–Crippen MR) is 331 cm³/mol. The second-order valence-corrected chi connectivity index (χ2v) is 21.1. The summed E-state index contributed by atoms with van der Waals surface area (Å²) in [4.78, 5) is 0. The van der Waals surface area contributed by atoms with E-state index in [-0.39, 0.29) is 0 Å². The molecule has 0 radical (unpaired) electrons. The van der Waals surface area contributed by atoms with Gasteiger partial charge in [-0.3, -0.25) is 0 Å². The van der Waals surface area contributed by atoms with Crippen LogP contribution in [0.25, 0.3) is 175 Å². The summed E-state index contributed by atoms with van der Waals surface area (Å²) in [7, 11) is 0. The molecule has 15 aromatic carbocycles. The van der Waals surface area contributed by atoms with Crippen molar-refractivity contribution in [2.45, 2.75) is 0 Å². The Morgan fingerprint density at radius 3 is 0.936 bits per heavy atom. The predicted octanol–water partition coefficient (Wildman–Crippen LogP) is 21.9. The van der Waals surface area contributed by atoms with E-state index in [1.165, 1.54) is 115 Å². The van der Waals surface area contributed by atoms with Gasteiger partial charge in [0.15, 0.2) is 0 Å². The summed E-state index contributed by atoms with van der Waals surface area (Å²) in [6.45, 7) is 0. The van der Waals surface area contributed by atoms with Crippen molar-refractivity contribution in [1.29, 1.82) is 0 Å². The van der Waals surface area contributed by atoms with Crippen molar-refractivity contribution in [2.75, 3.05) is 0 Å². The number of fused-ring (bicyclic) bond motifs is 13. The quantitative estimate of drug-likeness (QED) is 0.161. The third kappa shape index (κ3) is 6.50. The first-order valence-electron chi connectivity index (χ1n) is 26.9. The molecule has 0 fully saturated rings. The van der Waals surface area contributed by atoms with E-state index in [0.29, 0.717) is 0 Å². The van der Waals surface area contributed by atoms with Crippen LogP contribution in [0.4, 0.5) is 0 Å². The minimum absolute atomic E-state index is 0.884. The van der Waals surface area contributed by atoms with Crippen molar-refractivity contribution in [1.82, 2.24) is 0 Å². The molecule has 17 rings (SSSR count). The van der Waals surface area contributed by atoms with E-state index in [1.807, 2.05) is 0 Å². The van der Waals surface area contributed by atoms with E-state index in [9.17, 15) is 0 Å². The Morgan fingerprint density at radius 1 is 0.154 bits per heavy atom. The van der Waals surface area contributed by atoms with Gasteiger partial charge in [-0.1, -0.05) is 206 Å². The van der Waals surface area contributed by atoms with Gasteiger partial charge < -0.3 is 8.83 Å². The number of benzene rings is 15. The van der Waals surface area contributed by atoms with Crippen LogP contribution in [0.15, 0.2) is 276 Å². The van der Waals surface area contributed by atoms with E-state index < -0.39 is 0 Å². The highest BCUT2D eigenvalue weighted by atomic mass is 16.3. The molecule has 0 aliphatic rings. The van der Waals surface area contributed by atoms with Crippen molar-refractivity contribution < 1.29 is 8.83 Å². The standard InChI is InChI=1S/C76H44O2/c1-2-14-48-37-53(32-27-45(48)13-1)74-63-21-9-11-23-65(63)76(66-24-12-10-22-64(66)74)55-34-36-58-68-40-56-38-51(30-31-52(56)42-72(68)78-70(58)44-55)46-25-28-47(29-26-46)73-59-17-5-7-19-61(59)75(62-20-8-6-18-60(62)73)54-33-35-57-67-39-49-15-3-4-16-50(49)41-71(67)77-69(57)43-54/h1-44H. The van der Waals surface area contributed by atoms with Crippen LogP contribution in [-0.2, 0) is 0 Å². The highest BCUT2D eigenvalue weighted by Gasteiger charge is 2.21. The van der Waals surface area contributed by atoms with Crippen molar-refractivity contribution in [3.8, 4) is 55.6 Å². The number of hydrogen-bond donors (Lipinski definition) is 0. The third-order valence-electron chi connectivity index (χ3n) is 16.8. The van der Waals surface area contributed by atoms with Gasteiger partial charge in [0.2, 0.25) is 0 Å². The first kappa shape index (κ1) is 43.0. The SMILES string of the molecule is c1ccc2cc(-c3c4ccccc4c(-c4ccc5c(c4)oc4cc6ccc(-c7ccc(-c8c9ccccc9c(-c9ccc%10c(c9)oc9cc%11ccccc%11cc9%10)c9ccccc89)cc7)cc6cc45)c4ccccc34)ccc2c1. The zero-order chi connectivity index (χ0) is 51.0. The van der Waals surface area contributed by atoms with Crippen LogP contribution in [0.2, 0.25) is 0 Å². The van der Waals surface area contributed by atoms with Crippen molar-refractivity contribution in [3.05, 3.63) is 267 Å². The minimum atomic E-state index is 0.884. The average Bonchev–Trinajstić information content (AvgIpc) is 4.19. The van der Waals surface area contributed by atoms with Gasteiger partial charge in [0.25, 0.3) is 0 Å². The zero-order valence-electron chi connectivity index (χ0n) is 42.2. The molecule has 0 saturated carbocycles. The molecule has 0 saturated heterocycles. The molecule has 0 spiro atoms. The molecule has 2 heterocycles. The van der Waals surface area contributed by atoms with Crippen LogP contribution in [-0.4, -0.2) is 0 Å². The largest absolute Gasteiger partial charge is 0.456 e. The Bertz CT molecular complexity index is 5270. The van der Waals surface area contributed by atoms with Gasteiger partial charge >= 0.3 is 0 Å². The molecule has 0 aliphatic carbocycles. The van der Waals surface area contributed by atoms with E-state index in [4.69, 9.17) is 8.83 Å². The molecule has 17 aromatic rings. The fourth-order valence-corrected chi connectivity index (χ4v) is 13.1. The lowest BCUT2D eigenvalue weighted by molar-refractivity contribution is 0.669. The van der Waals surface area contributed by atoms with Crippen molar-refractivity contribution >= 4 is 119 Å². The lowest BCUT2D eigenvalue weighted by Crippen LogP contribution is -1.91. The van der Waals surface area contributed by atoms with Gasteiger partial charge in [-0.25, -0.2) is 0 Å². The Labute approximate surface area is 448 Å². The summed E-state index contributed by atoms with van der Waals surface area (Å²) in [6.07, 6.45) is 0. The molecule has 78 heavy (non-hydrogen) atoms. The fourth-order valence-electron chi connectivity index (χ4n) is 13.1. The maximum absolute atomic E-state index is 6.78. The Hall–Kier alpha value is -10.3. The first-order valence-corrected chi connectivity index (χ1v) is 26.9. The molecule has 0 bridgehead atoms. The van der Waals surface area contributed by atoms with Gasteiger partial charge in [0.1, 0.15) is 22.3 Å². The molecule has 2 aromatic heterocycles. The van der Waals surface area contributed by atoms with Crippen molar-refractivity contribution in [3.63, 3.8) is 0 Å². The topological polar surface area (TPSA) is 26.3 Å². The van der Waals surface area contributed by atoms with E-state index in [2.05, 4.69) is 267 Å². The highest BCUT2D eigenvalue weighted by Crippen LogP contribution is 2.48. The summed E-state index contributed by atoms with van der Waals surface area (Å²) in [5.41, 5.74) is 15.6. The lowest BCUT2D eigenvalue weighted by Gasteiger charge is -2.18. The third-order valence-corrected chi connectivity index (χ3v) is 16.8. The molecule has 0 unspecified atom stereocenters. The lowest BCUT2D eigenvalue weighted by atomic mass is 9.85. The first-order chi connectivity index (χ1) is 38.6. The second-order valence-electron chi connectivity index (χ2n) is 21.1. The summed E-state index contributed by atoms with van der Waals surface area (Å²) < 4.78 is 13.4. The van der Waals surface area contributed by atoms with Crippen LogP contribution in [0.3, 0.4) is 0 Å². The summed E-state index contributed by atoms with van der Waals surface area (Å²) in [6, 6.07) is 97.9. The van der Waals surface area contributed by atoms with Crippen LogP contribution in [0.1, 0.15) is 0 Å². The molecule has 0 aliphatic heterocycles. The highest BCUT2D eigenvalue weighted by molar-refractivity contribution is 6.24. The van der Waals surface area contributed by atoms with Gasteiger partial charge in [-0.05, 0) is 192 Å². The molecule has 360 valence electrons. The number of furan rings is 2. The Kier molecular flexibility index (Phi) is 9.16. The van der Waals surface area contributed by atoms with Crippen molar-refractivity contribution in [2.24, 2.45) is 0 Å². The van der Waals surface area contributed by atoms with E-state index in [0.717, 1.165) is 60.4 Å².